The van der Waals surface area contributed by atoms with Gasteiger partial charge in [-0.3, -0.25) is 19.2 Å². The lowest BCUT2D eigenvalue weighted by atomic mass is 9.64. The van der Waals surface area contributed by atoms with E-state index in [1.165, 1.54) is 0 Å². The number of allylic oxidation sites excluding steroid dienone is 5. The molecule has 0 atom stereocenters. The molecular weight excluding hydrogens is 576 g/mol. The second kappa shape index (κ2) is 11.8. The molecule has 0 aliphatic heterocycles. The van der Waals surface area contributed by atoms with E-state index in [9.17, 15) is 48.1 Å². The van der Waals surface area contributed by atoms with Crippen molar-refractivity contribution in [2.24, 2.45) is 0 Å². The van der Waals surface area contributed by atoms with E-state index in [2.05, 4.69) is 0 Å². The number of benzene rings is 2. The largest absolute Gasteiger partial charge is 0.505 e. The standard InChI is InChI=1S/C29H23F2NO11/c1-29(2)17-6-22(35)19(30)3-14(17)28(15-4-20(31)23(36)7-18(15)29)16-5-25(42-10-27(39)40)21(8-24(16)43-13-34)32(9-26(37)38)11-41-12-33/h3-8,12-13,35H,9-11H2,1-2H3,(H,37,38)(H,39,40). The molecule has 0 saturated carbocycles. The topological polar surface area (TPSA) is 177 Å². The zero-order chi connectivity index (χ0) is 31.6. The Morgan fingerprint density at radius 2 is 1.70 bits per heavy atom. The average molecular weight is 599 g/mol. The highest BCUT2D eigenvalue weighted by Crippen LogP contribution is 2.53. The van der Waals surface area contributed by atoms with Crippen LogP contribution in [0.5, 0.6) is 17.2 Å². The van der Waals surface area contributed by atoms with Crippen molar-refractivity contribution in [1.29, 1.82) is 0 Å². The third-order valence-corrected chi connectivity index (χ3v) is 6.87. The molecule has 224 valence electrons. The maximum absolute atomic E-state index is 14.8. The molecule has 0 heterocycles. The number of carboxylic acids is 2. The van der Waals surface area contributed by atoms with Crippen molar-refractivity contribution in [2.45, 2.75) is 19.3 Å². The normalized spacial score (nSPS) is 14.9. The number of halogens is 2. The number of phenolic OH excluding ortho intramolecular Hbond substituents is 1. The maximum atomic E-state index is 14.8. The van der Waals surface area contributed by atoms with Crippen molar-refractivity contribution in [3.05, 3.63) is 75.9 Å². The molecular formula is C29H23F2NO11. The number of fused-ring (bicyclic) bond motifs is 2. The van der Waals surface area contributed by atoms with Gasteiger partial charge in [-0.15, -0.1) is 0 Å². The Labute approximate surface area is 241 Å². The highest BCUT2D eigenvalue weighted by Gasteiger charge is 2.41. The lowest BCUT2D eigenvalue weighted by Crippen LogP contribution is -2.32. The monoisotopic (exact) mass is 599 g/mol. The van der Waals surface area contributed by atoms with Crippen LogP contribution >= 0.6 is 0 Å². The van der Waals surface area contributed by atoms with Crippen LogP contribution in [0.4, 0.5) is 14.5 Å². The number of anilines is 1. The Hall–Kier alpha value is -5.53. The van der Waals surface area contributed by atoms with Gasteiger partial charge < -0.3 is 34.4 Å². The number of nitrogens with zero attached hydrogens (tertiary/aromatic N) is 1. The van der Waals surface area contributed by atoms with Gasteiger partial charge in [-0.2, -0.15) is 0 Å². The Morgan fingerprint density at radius 3 is 2.33 bits per heavy atom. The van der Waals surface area contributed by atoms with Gasteiger partial charge in [0.1, 0.15) is 18.0 Å². The first-order valence-corrected chi connectivity index (χ1v) is 12.4. The van der Waals surface area contributed by atoms with Crippen LogP contribution in [0.2, 0.25) is 0 Å². The quantitative estimate of drug-likeness (QED) is 0.240. The van der Waals surface area contributed by atoms with Gasteiger partial charge in [-0.1, -0.05) is 13.8 Å². The van der Waals surface area contributed by atoms with E-state index in [1.807, 2.05) is 0 Å². The van der Waals surface area contributed by atoms with Gasteiger partial charge in [0, 0.05) is 22.6 Å². The van der Waals surface area contributed by atoms with Crippen LogP contribution in [0.25, 0.3) is 5.57 Å². The minimum Gasteiger partial charge on any atom is -0.505 e. The molecule has 0 amide bonds. The summed E-state index contributed by atoms with van der Waals surface area (Å²) in [6.07, 6.45) is 1.98. The van der Waals surface area contributed by atoms with Crippen LogP contribution in [0.1, 0.15) is 30.5 Å². The number of ketones is 1. The number of aliphatic carboxylic acids is 2. The minimum atomic E-state index is -1.42. The summed E-state index contributed by atoms with van der Waals surface area (Å²) in [4.78, 5) is 58.8. The highest BCUT2D eigenvalue weighted by atomic mass is 19.1. The fourth-order valence-electron chi connectivity index (χ4n) is 5.02. The van der Waals surface area contributed by atoms with E-state index >= 15 is 0 Å². The van der Waals surface area contributed by atoms with Gasteiger partial charge in [0.25, 0.3) is 12.9 Å². The van der Waals surface area contributed by atoms with Crippen molar-refractivity contribution in [3.63, 3.8) is 0 Å². The van der Waals surface area contributed by atoms with Crippen molar-refractivity contribution in [1.82, 2.24) is 0 Å². The molecule has 2 aromatic carbocycles. The molecule has 3 N–H and O–H groups in total. The third kappa shape index (κ3) is 5.80. The van der Waals surface area contributed by atoms with E-state index in [1.54, 1.807) is 13.8 Å². The molecule has 2 aliphatic rings. The first-order valence-electron chi connectivity index (χ1n) is 12.4. The van der Waals surface area contributed by atoms with Crippen LogP contribution in [0.3, 0.4) is 0 Å². The Bertz CT molecular complexity index is 1660. The van der Waals surface area contributed by atoms with Crippen molar-refractivity contribution < 1.29 is 62.3 Å². The van der Waals surface area contributed by atoms with E-state index in [4.69, 9.17) is 14.2 Å². The van der Waals surface area contributed by atoms with Crippen molar-refractivity contribution in [2.75, 3.05) is 24.8 Å². The van der Waals surface area contributed by atoms with Gasteiger partial charge in [0.15, 0.2) is 30.7 Å². The summed E-state index contributed by atoms with van der Waals surface area (Å²) in [7, 11) is 0. The van der Waals surface area contributed by atoms with Crippen LogP contribution in [-0.4, -0.2) is 65.9 Å². The van der Waals surface area contributed by atoms with Gasteiger partial charge >= 0.3 is 11.9 Å². The van der Waals surface area contributed by atoms with Gasteiger partial charge in [-0.25, -0.2) is 13.6 Å². The van der Waals surface area contributed by atoms with Crippen molar-refractivity contribution >= 4 is 41.9 Å². The maximum Gasteiger partial charge on any atom is 0.341 e. The number of aromatic hydroxyl groups is 1. The molecule has 43 heavy (non-hydrogen) atoms. The molecule has 0 unspecified atom stereocenters. The van der Waals surface area contributed by atoms with E-state index in [0.29, 0.717) is 5.56 Å². The molecule has 14 heteroatoms. The second-order valence-electron chi connectivity index (χ2n) is 9.87. The Morgan fingerprint density at radius 1 is 0.977 bits per heavy atom. The van der Waals surface area contributed by atoms with Crippen LogP contribution < -0.4 is 14.4 Å². The minimum absolute atomic E-state index is 0.0135. The lowest BCUT2D eigenvalue weighted by molar-refractivity contribution is -0.139. The first-order chi connectivity index (χ1) is 20.3. The summed E-state index contributed by atoms with van der Waals surface area (Å²) in [6, 6.07) is 4.36. The molecule has 12 nitrogen and oxygen atoms in total. The molecule has 0 aromatic heterocycles. The lowest BCUT2D eigenvalue weighted by Gasteiger charge is -2.39. The SMILES string of the molecule is CC1(C)C2=CC(=O)C(F)=CC2=C(c2cc(OCC(=O)O)c(N(COC=O)CC(=O)O)cc2OC=O)c2cc(F)c(O)cc21. The number of ether oxygens (including phenoxy) is 3. The van der Waals surface area contributed by atoms with Gasteiger partial charge in [-0.05, 0) is 52.6 Å². The smallest absolute Gasteiger partial charge is 0.341 e. The van der Waals surface area contributed by atoms with E-state index < -0.39 is 60.4 Å². The van der Waals surface area contributed by atoms with E-state index in [-0.39, 0.29) is 58.0 Å². The molecule has 0 bridgehead atoms. The summed E-state index contributed by atoms with van der Waals surface area (Å²) >= 11 is 0. The summed E-state index contributed by atoms with van der Waals surface area (Å²) in [5.41, 5.74) is -0.561. The second-order valence-corrected chi connectivity index (χ2v) is 9.87. The van der Waals surface area contributed by atoms with Crippen LogP contribution in [0, 0.1) is 5.82 Å². The Balaban J connectivity index is 2.12. The number of rotatable bonds is 12. The summed E-state index contributed by atoms with van der Waals surface area (Å²) in [5.74, 6) is -7.24. The summed E-state index contributed by atoms with van der Waals surface area (Å²) in [5, 5.41) is 28.9. The third-order valence-electron chi connectivity index (χ3n) is 6.87. The molecule has 0 radical (unpaired) electrons. The molecule has 2 aromatic rings. The average Bonchev–Trinajstić information content (AvgIpc) is 2.93. The number of hydrogen-bond donors (Lipinski definition) is 3. The summed E-state index contributed by atoms with van der Waals surface area (Å²) in [6.45, 7) is 1.05. The van der Waals surface area contributed by atoms with Gasteiger partial charge in [0.05, 0.1) is 5.69 Å². The molecule has 0 saturated heterocycles. The first kappa shape index (κ1) is 30.4. The predicted molar refractivity (Wildman–Crippen MR) is 143 cm³/mol. The number of carbonyl (C=O) groups is 5. The molecule has 0 spiro atoms. The fraction of sp³-hybridized carbons (Fsp3) is 0.207. The van der Waals surface area contributed by atoms with Crippen molar-refractivity contribution in [3.8, 4) is 17.2 Å². The van der Waals surface area contributed by atoms with E-state index in [0.717, 1.165) is 41.3 Å². The Kier molecular flexibility index (Phi) is 8.32. The molecule has 0 fully saturated rings. The number of carboxylic acid groups (broad SMARTS) is 2. The van der Waals surface area contributed by atoms with Crippen LogP contribution in [-0.2, 0) is 34.1 Å². The zero-order valence-electron chi connectivity index (χ0n) is 22.6. The number of hydrogen-bond acceptors (Lipinski definition) is 10. The summed E-state index contributed by atoms with van der Waals surface area (Å²) < 4.78 is 45.0. The molecule has 4 rings (SSSR count). The predicted octanol–water partition coefficient (Wildman–Crippen LogP) is 3.01. The zero-order valence-corrected chi connectivity index (χ0v) is 22.6. The van der Waals surface area contributed by atoms with Gasteiger partial charge in [0.2, 0.25) is 5.78 Å². The van der Waals surface area contributed by atoms with Crippen LogP contribution in [0.15, 0.2) is 53.4 Å². The molecule has 2 aliphatic carbocycles. The number of carbonyl (C=O) groups excluding carboxylic acids is 3. The highest BCUT2D eigenvalue weighted by molar-refractivity contribution is 6.08. The fourth-order valence-corrected chi connectivity index (χ4v) is 5.02. The number of phenols is 1.